The van der Waals surface area contributed by atoms with Crippen molar-refractivity contribution in [2.24, 2.45) is 5.92 Å². The first kappa shape index (κ1) is 31.4. The number of ether oxygens (including phenoxy) is 2. The predicted octanol–water partition coefficient (Wildman–Crippen LogP) is 5.03. The van der Waals surface area contributed by atoms with Gasteiger partial charge >= 0.3 is 12.1 Å². The maximum atomic E-state index is 12.5. The monoisotopic (exact) mass is 591 g/mol. The van der Waals surface area contributed by atoms with Gasteiger partial charge in [-0.1, -0.05) is 71.9 Å². The summed E-state index contributed by atoms with van der Waals surface area (Å²) in [5.74, 6) is -2.47. The van der Waals surface area contributed by atoms with E-state index in [1.807, 2.05) is 13.8 Å². The maximum absolute atomic E-state index is 12.5. The van der Waals surface area contributed by atoms with Crippen LogP contribution in [0.4, 0.5) is 4.79 Å². The summed E-state index contributed by atoms with van der Waals surface area (Å²) in [7, 11) is 0. The molecule has 196 valence electrons. The molecular formula is C21H26Cl5N3O6. The number of nitrogens with one attached hydrogen (secondary N) is 3. The van der Waals surface area contributed by atoms with Crippen LogP contribution in [0.15, 0.2) is 0 Å². The van der Waals surface area contributed by atoms with Gasteiger partial charge in [-0.05, 0) is 33.1 Å². The lowest BCUT2D eigenvalue weighted by atomic mass is 10.0. The van der Waals surface area contributed by atoms with Gasteiger partial charge in [0.05, 0.1) is 21.6 Å². The van der Waals surface area contributed by atoms with Crippen molar-refractivity contribution in [2.75, 3.05) is 13.1 Å². The van der Waals surface area contributed by atoms with E-state index in [0.29, 0.717) is 6.42 Å². The van der Waals surface area contributed by atoms with Gasteiger partial charge in [0, 0.05) is 0 Å². The Labute approximate surface area is 228 Å². The zero-order valence-electron chi connectivity index (χ0n) is 19.6. The lowest BCUT2D eigenvalue weighted by Gasteiger charge is -2.24. The molecule has 3 amide bonds. The van der Waals surface area contributed by atoms with Crippen LogP contribution in [-0.4, -0.2) is 48.6 Å². The molecule has 3 N–H and O–H groups in total. The van der Waals surface area contributed by atoms with Gasteiger partial charge in [-0.25, -0.2) is 9.59 Å². The van der Waals surface area contributed by atoms with Gasteiger partial charge in [-0.2, -0.15) is 0 Å². The fourth-order valence-corrected chi connectivity index (χ4v) is 3.70. The topological polar surface area (TPSA) is 123 Å². The molecule has 0 radical (unpaired) electrons. The van der Waals surface area contributed by atoms with Crippen LogP contribution >= 0.6 is 58.0 Å². The van der Waals surface area contributed by atoms with Crippen molar-refractivity contribution in [1.29, 1.82) is 0 Å². The number of carbonyl (C=O) groups is 4. The summed E-state index contributed by atoms with van der Waals surface area (Å²) in [6.45, 7) is 7.78. The molecule has 1 atom stereocenters. The number of benzene rings is 1. The van der Waals surface area contributed by atoms with E-state index in [0.717, 1.165) is 0 Å². The molecule has 0 spiro atoms. The van der Waals surface area contributed by atoms with Crippen LogP contribution in [0.5, 0.6) is 5.75 Å². The molecule has 0 unspecified atom stereocenters. The Hall–Kier alpha value is -1.65. The predicted molar refractivity (Wildman–Crippen MR) is 136 cm³/mol. The molecule has 1 aromatic rings. The lowest BCUT2D eigenvalue weighted by Crippen LogP contribution is -2.50. The Kier molecular flexibility index (Phi) is 12.2. The van der Waals surface area contributed by atoms with Crippen LogP contribution < -0.4 is 20.7 Å². The Morgan fingerprint density at radius 2 is 1.34 bits per heavy atom. The molecule has 14 heteroatoms. The fraction of sp³-hybridized carbons (Fsp3) is 0.524. The highest BCUT2D eigenvalue weighted by Crippen LogP contribution is 2.48. The molecule has 0 saturated heterocycles. The fourth-order valence-electron chi connectivity index (χ4n) is 2.50. The van der Waals surface area contributed by atoms with Gasteiger partial charge in [-0.15, -0.1) is 0 Å². The molecule has 0 bridgehead atoms. The first-order valence-electron chi connectivity index (χ1n) is 10.3. The summed E-state index contributed by atoms with van der Waals surface area (Å²) >= 11 is 29.7. The minimum absolute atomic E-state index is 0.0674. The van der Waals surface area contributed by atoms with Crippen molar-refractivity contribution < 1.29 is 28.7 Å². The minimum Gasteiger partial charge on any atom is -0.444 e. The standard InChI is InChI=1S/C21H26Cl5N3O6/c1-9(2)6-10(29-20(33)35-21(3,4)5)19(32)28-7-11(30)27-8-12(31)34-18-16(25)14(23)13(22)15(24)17(18)26/h9-10H,6-8H2,1-5H3,(H,27,30)(H,28,32)(H,29,33)/t10-/m0/s1. The van der Waals surface area contributed by atoms with E-state index >= 15 is 0 Å². The molecule has 35 heavy (non-hydrogen) atoms. The van der Waals surface area contributed by atoms with Crippen molar-refractivity contribution in [1.82, 2.24) is 16.0 Å². The van der Waals surface area contributed by atoms with E-state index in [4.69, 9.17) is 67.5 Å². The summed E-state index contributed by atoms with van der Waals surface area (Å²) in [5, 5.41) is 6.28. The van der Waals surface area contributed by atoms with Crippen molar-refractivity contribution in [3.8, 4) is 5.75 Å². The van der Waals surface area contributed by atoms with E-state index in [1.165, 1.54) is 0 Å². The molecule has 0 heterocycles. The summed E-state index contributed by atoms with van der Waals surface area (Å²) in [4.78, 5) is 48.8. The van der Waals surface area contributed by atoms with Gasteiger partial charge in [-0.3, -0.25) is 9.59 Å². The molecular weight excluding hydrogens is 568 g/mol. The van der Waals surface area contributed by atoms with E-state index in [1.54, 1.807) is 20.8 Å². The maximum Gasteiger partial charge on any atom is 0.408 e. The number of alkyl carbamates (subject to hydrolysis) is 1. The van der Waals surface area contributed by atoms with E-state index in [9.17, 15) is 19.2 Å². The smallest absolute Gasteiger partial charge is 0.408 e. The normalized spacial score (nSPS) is 12.1. The molecule has 0 fully saturated rings. The SMILES string of the molecule is CC(C)C[C@H](NC(=O)OC(C)(C)C)C(=O)NCC(=O)NCC(=O)Oc1c(Cl)c(Cl)c(Cl)c(Cl)c1Cl. The number of carbonyl (C=O) groups excluding carboxylic acids is 4. The second-order valence-electron chi connectivity index (χ2n) is 8.70. The van der Waals surface area contributed by atoms with Crippen molar-refractivity contribution in [3.63, 3.8) is 0 Å². The molecule has 0 aliphatic heterocycles. The highest BCUT2D eigenvalue weighted by molar-refractivity contribution is 6.55. The molecule has 1 rings (SSSR count). The average Bonchev–Trinajstić information content (AvgIpc) is 2.74. The molecule has 0 aliphatic rings. The molecule has 0 aliphatic carbocycles. The lowest BCUT2D eigenvalue weighted by molar-refractivity contribution is -0.135. The van der Waals surface area contributed by atoms with Crippen molar-refractivity contribution in [2.45, 2.75) is 52.7 Å². The summed E-state index contributed by atoms with van der Waals surface area (Å²) in [6.07, 6.45) is -0.447. The van der Waals surface area contributed by atoms with Crippen molar-refractivity contribution in [3.05, 3.63) is 25.1 Å². The van der Waals surface area contributed by atoms with Gasteiger partial charge in [0.1, 0.15) is 28.2 Å². The minimum atomic E-state index is -0.938. The van der Waals surface area contributed by atoms with E-state index in [-0.39, 0.29) is 36.8 Å². The Bertz CT molecular complexity index is 952. The Morgan fingerprint density at radius 3 is 1.83 bits per heavy atom. The average molecular weight is 594 g/mol. The molecule has 0 aromatic heterocycles. The summed E-state index contributed by atoms with van der Waals surface area (Å²) in [6, 6.07) is -0.925. The first-order valence-corrected chi connectivity index (χ1v) is 12.2. The number of esters is 1. The van der Waals surface area contributed by atoms with E-state index < -0.39 is 48.6 Å². The molecule has 1 aromatic carbocycles. The molecule has 0 saturated carbocycles. The number of rotatable bonds is 9. The van der Waals surface area contributed by atoms with Gasteiger partial charge in [0.15, 0.2) is 5.75 Å². The number of halogens is 5. The van der Waals surface area contributed by atoms with Crippen LogP contribution in [-0.2, 0) is 19.1 Å². The molecule has 9 nitrogen and oxygen atoms in total. The number of amides is 3. The van der Waals surface area contributed by atoms with Gasteiger partial charge in [0.2, 0.25) is 11.8 Å². The number of hydrogen-bond acceptors (Lipinski definition) is 6. The third-order valence-corrected chi connectivity index (χ3v) is 6.20. The van der Waals surface area contributed by atoms with Crippen LogP contribution in [0.2, 0.25) is 25.1 Å². The Morgan fingerprint density at radius 1 is 0.829 bits per heavy atom. The van der Waals surface area contributed by atoms with Crippen LogP contribution in [0.25, 0.3) is 0 Å². The van der Waals surface area contributed by atoms with Gasteiger partial charge in [0.25, 0.3) is 0 Å². The highest BCUT2D eigenvalue weighted by atomic mass is 35.5. The largest absolute Gasteiger partial charge is 0.444 e. The zero-order valence-corrected chi connectivity index (χ0v) is 23.4. The van der Waals surface area contributed by atoms with Crippen LogP contribution in [0, 0.1) is 5.92 Å². The van der Waals surface area contributed by atoms with Gasteiger partial charge < -0.3 is 25.4 Å². The third kappa shape index (κ3) is 10.5. The van der Waals surface area contributed by atoms with E-state index in [2.05, 4.69) is 16.0 Å². The van der Waals surface area contributed by atoms with Crippen LogP contribution in [0.3, 0.4) is 0 Å². The highest BCUT2D eigenvalue weighted by Gasteiger charge is 2.26. The Balaban J connectivity index is 2.64. The zero-order chi connectivity index (χ0) is 27.1. The second kappa shape index (κ2) is 13.6. The second-order valence-corrected chi connectivity index (χ2v) is 10.6. The number of hydrogen-bond donors (Lipinski definition) is 3. The van der Waals surface area contributed by atoms with Crippen LogP contribution in [0.1, 0.15) is 41.0 Å². The summed E-state index contributed by atoms with van der Waals surface area (Å²) in [5.41, 5.74) is -0.742. The third-order valence-electron chi connectivity index (χ3n) is 3.95. The first-order chi connectivity index (χ1) is 16.0. The van der Waals surface area contributed by atoms with Crippen molar-refractivity contribution >= 4 is 81.9 Å². The quantitative estimate of drug-likeness (QED) is 0.160. The summed E-state index contributed by atoms with van der Waals surface area (Å²) < 4.78 is 10.2.